The first-order valence-corrected chi connectivity index (χ1v) is 18.2. The Morgan fingerprint density at radius 1 is 0.812 bits per heavy atom. The van der Waals surface area contributed by atoms with Gasteiger partial charge < -0.3 is 15.0 Å². The molecule has 1 N–H and O–H groups in total. The molecule has 0 saturated heterocycles. The van der Waals surface area contributed by atoms with E-state index in [0.29, 0.717) is 18.0 Å². The Bertz CT molecular complexity index is 1720. The van der Waals surface area contributed by atoms with E-state index in [0.717, 1.165) is 53.1 Å². The number of benzene rings is 4. The van der Waals surface area contributed by atoms with Crippen LogP contribution in [0.25, 0.3) is 0 Å². The van der Waals surface area contributed by atoms with Crippen LogP contribution in [-0.2, 0) is 32.6 Å². The van der Waals surface area contributed by atoms with E-state index < -0.39 is 28.5 Å². The molecule has 5 rings (SSSR count). The molecule has 1 aliphatic carbocycles. The van der Waals surface area contributed by atoms with Crippen molar-refractivity contribution in [3.05, 3.63) is 126 Å². The molecule has 252 valence electrons. The van der Waals surface area contributed by atoms with Gasteiger partial charge in [0, 0.05) is 19.0 Å². The summed E-state index contributed by atoms with van der Waals surface area (Å²) in [5.41, 5.74) is 3.17. The summed E-state index contributed by atoms with van der Waals surface area (Å²) in [5, 5.41) is 3.25. The van der Waals surface area contributed by atoms with Gasteiger partial charge in [-0.3, -0.25) is 13.9 Å². The molecule has 0 radical (unpaired) electrons. The maximum absolute atomic E-state index is 14.7. The number of rotatable bonds is 14. The van der Waals surface area contributed by atoms with E-state index in [9.17, 15) is 18.0 Å². The molecule has 0 spiro atoms. The number of para-hydroxylation sites is 1. The topological polar surface area (TPSA) is 96.0 Å². The highest BCUT2D eigenvalue weighted by Crippen LogP contribution is 2.27. The molecule has 1 saturated carbocycles. The van der Waals surface area contributed by atoms with Gasteiger partial charge in [-0.15, -0.1) is 0 Å². The van der Waals surface area contributed by atoms with Crippen molar-refractivity contribution < 1.29 is 22.7 Å². The van der Waals surface area contributed by atoms with E-state index in [1.165, 1.54) is 12.1 Å². The zero-order valence-electron chi connectivity index (χ0n) is 27.8. The molecule has 4 aromatic carbocycles. The SMILES string of the molecule is CCOc1ccc(S(=O)(=O)N(CC(=O)N(Cc2ccc(C)cc2)[C@H](Cc2ccccc2)C(=O)NC2CCCCC2)c2ccccc2)cc1. The zero-order valence-corrected chi connectivity index (χ0v) is 28.6. The second-order valence-corrected chi connectivity index (χ2v) is 14.2. The quantitative estimate of drug-likeness (QED) is 0.162. The molecule has 1 aliphatic rings. The Morgan fingerprint density at radius 2 is 1.44 bits per heavy atom. The summed E-state index contributed by atoms with van der Waals surface area (Å²) in [7, 11) is -4.19. The van der Waals surface area contributed by atoms with Gasteiger partial charge in [-0.1, -0.05) is 97.6 Å². The third-order valence-electron chi connectivity index (χ3n) is 8.74. The predicted octanol–water partition coefficient (Wildman–Crippen LogP) is 6.68. The van der Waals surface area contributed by atoms with E-state index in [1.807, 2.05) is 68.4 Å². The summed E-state index contributed by atoms with van der Waals surface area (Å²) in [4.78, 5) is 30.5. The van der Waals surface area contributed by atoms with Crippen LogP contribution >= 0.6 is 0 Å². The van der Waals surface area contributed by atoms with Gasteiger partial charge in [0.25, 0.3) is 10.0 Å². The standard InChI is InChI=1S/C39H45N3O5S/c1-3-47-35-23-25-36(26-24-35)48(45,46)42(34-17-11-6-12-18-34)29-38(43)41(28-32-21-19-30(2)20-22-32)37(27-31-13-7-4-8-14-31)39(44)40-33-15-9-5-10-16-33/h4,6-8,11-14,17-26,33,37H,3,5,9-10,15-16,27-29H2,1-2H3,(H,40,44)/t37-/m1/s1. The predicted molar refractivity (Wildman–Crippen MR) is 189 cm³/mol. The summed E-state index contributed by atoms with van der Waals surface area (Å²) in [6.45, 7) is 3.95. The third-order valence-corrected chi connectivity index (χ3v) is 10.5. The normalized spacial score (nSPS) is 14.1. The molecule has 0 aromatic heterocycles. The smallest absolute Gasteiger partial charge is 0.264 e. The lowest BCUT2D eigenvalue weighted by molar-refractivity contribution is -0.140. The molecule has 1 atom stereocenters. The highest BCUT2D eigenvalue weighted by atomic mass is 32.2. The van der Waals surface area contributed by atoms with Crippen molar-refractivity contribution >= 4 is 27.5 Å². The number of hydrogen-bond donors (Lipinski definition) is 1. The molecule has 8 nitrogen and oxygen atoms in total. The average Bonchev–Trinajstić information content (AvgIpc) is 3.11. The molecular weight excluding hydrogens is 623 g/mol. The maximum atomic E-state index is 14.7. The first kappa shape index (κ1) is 34.7. The summed E-state index contributed by atoms with van der Waals surface area (Å²) < 4.78 is 35.2. The fourth-order valence-corrected chi connectivity index (χ4v) is 7.53. The Morgan fingerprint density at radius 3 is 2.06 bits per heavy atom. The van der Waals surface area contributed by atoms with Gasteiger partial charge in [0.05, 0.1) is 17.2 Å². The van der Waals surface area contributed by atoms with Crippen LogP contribution in [0.1, 0.15) is 55.7 Å². The van der Waals surface area contributed by atoms with Gasteiger partial charge >= 0.3 is 0 Å². The largest absolute Gasteiger partial charge is 0.494 e. The van der Waals surface area contributed by atoms with E-state index in [4.69, 9.17) is 4.74 Å². The van der Waals surface area contributed by atoms with Crippen molar-refractivity contribution in [2.24, 2.45) is 0 Å². The van der Waals surface area contributed by atoms with Crippen LogP contribution in [0.4, 0.5) is 5.69 Å². The lowest BCUT2D eigenvalue weighted by Crippen LogP contribution is -2.55. The molecule has 0 heterocycles. The van der Waals surface area contributed by atoms with Gasteiger partial charge in [-0.05, 0) is 74.2 Å². The Kier molecular flexibility index (Phi) is 11.9. The van der Waals surface area contributed by atoms with E-state index in [2.05, 4.69) is 5.32 Å². The van der Waals surface area contributed by atoms with E-state index in [1.54, 1.807) is 47.4 Å². The van der Waals surface area contributed by atoms with Crippen molar-refractivity contribution in [3.63, 3.8) is 0 Å². The van der Waals surface area contributed by atoms with Crippen LogP contribution in [0.15, 0.2) is 114 Å². The van der Waals surface area contributed by atoms with Crippen LogP contribution in [0.2, 0.25) is 0 Å². The van der Waals surface area contributed by atoms with Crippen LogP contribution in [0, 0.1) is 6.92 Å². The lowest BCUT2D eigenvalue weighted by atomic mass is 9.94. The number of carbonyl (C=O) groups excluding carboxylic acids is 2. The number of aryl methyl sites for hydroxylation is 1. The molecule has 48 heavy (non-hydrogen) atoms. The highest BCUT2D eigenvalue weighted by Gasteiger charge is 2.35. The van der Waals surface area contributed by atoms with Crippen molar-refractivity contribution in [3.8, 4) is 5.75 Å². The first-order chi connectivity index (χ1) is 23.2. The average molecular weight is 668 g/mol. The number of nitrogens with one attached hydrogen (secondary N) is 1. The van der Waals surface area contributed by atoms with Gasteiger partial charge in [-0.25, -0.2) is 8.42 Å². The summed E-state index contributed by atoms with van der Waals surface area (Å²) >= 11 is 0. The lowest BCUT2D eigenvalue weighted by Gasteiger charge is -2.35. The number of carbonyl (C=O) groups is 2. The number of hydrogen-bond acceptors (Lipinski definition) is 5. The number of nitrogens with zero attached hydrogens (tertiary/aromatic N) is 2. The number of amides is 2. The minimum absolute atomic E-state index is 0.0311. The second-order valence-electron chi connectivity index (χ2n) is 12.3. The van der Waals surface area contributed by atoms with Gasteiger partial charge in [0.2, 0.25) is 11.8 Å². The Hall–Kier alpha value is -4.63. The van der Waals surface area contributed by atoms with E-state index in [-0.39, 0.29) is 29.8 Å². The molecule has 0 bridgehead atoms. The molecular formula is C39H45N3O5S. The highest BCUT2D eigenvalue weighted by molar-refractivity contribution is 7.92. The number of ether oxygens (including phenoxy) is 1. The summed E-state index contributed by atoms with van der Waals surface area (Å²) in [5.74, 6) is -0.156. The first-order valence-electron chi connectivity index (χ1n) is 16.7. The molecule has 0 unspecified atom stereocenters. The Balaban J connectivity index is 1.53. The molecule has 4 aromatic rings. The molecule has 0 aliphatic heterocycles. The van der Waals surface area contributed by atoms with Crippen LogP contribution in [-0.4, -0.2) is 50.4 Å². The van der Waals surface area contributed by atoms with Crippen LogP contribution < -0.4 is 14.4 Å². The van der Waals surface area contributed by atoms with Crippen LogP contribution in [0.3, 0.4) is 0 Å². The van der Waals surface area contributed by atoms with Crippen molar-refractivity contribution in [2.45, 2.75) is 75.9 Å². The second kappa shape index (κ2) is 16.5. The molecule has 2 amide bonds. The minimum atomic E-state index is -4.19. The number of anilines is 1. The van der Waals surface area contributed by atoms with Crippen molar-refractivity contribution in [1.82, 2.24) is 10.2 Å². The Labute approximate surface area is 284 Å². The zero-order chi connectivity index (χ0) is 33.9. The minimum Gasteiger partial charge on any atom is -0.494 e. The third kappa shape index (κ3) is 9.04. The fraction of sp³-hybridized carbons (Fsp3) is 0.333. The summed E-state index contributed by atoms with van der Waals surface area (Å²) in [6, 6.07) is 31.4. The van der Waals surface area contributed by atoms with Crippen molar-refractivity contribution in [1.29, 1.82) is 0 Å². The van der Waals surface area contributed by atoms with E-state index >= 15 is 0 Å². The van der Waals surface area contributed by atoms with Crippen LogP contribution in [0.5, 0.6) is 5.75 Å². The molecule has 1 fully saturated rings. The monoisotopic (exact) mass is 667 g/mol. The maximum Gasteiger partial charge on any atom is 0.264 e. The van der Waals surface area contributed by atoms with Gasteiger partial charge in [0.15, 0.2) is 0 Å². The van der Waals surface area contributed by atoms with Gasteiger partial charge in [0.1, 0.15) is 18.3 Å². The van der Waals surface area contributed by atoms with Gasteiger partial charge in [-0.2, -0.15) is 0 Å². The van der Waals surface area contributed by atoms with Crippen molar-refractivity contribution in [2.75, 3.05) is 17.5 Å². The summed E-state index contributed by atoms with van der Waals surface area (Å²) in [6.07, 6.45) is 5.34. The fourth-order valence-electron chi connectivity index (χ4n) is 6.11. The molecule has 9 heteroatoms. The number of sulfonamides is 1.